The van der Waals surface area contributed by atoms with Crippen LogP contribution < -0.4 is 0 Å². The van der Waals surface area contributed by atoms with Crippen molar-refractivity contribution < 1.29 is 0 Å². The van der Waals surface area contributed by atoms with Gasteiger partial charge in [0, 0.05) is 12.7 Å². The largest absolute Gasteiger partial charge is 0.271 e. The van der Waals surface area contributed by atoms with Crippen LogP contribution in [0.25, 0.3) is 0 Å². The van der Waals surface area contributed by atoms with E-state index < -0.39 is 0 Å². The second-order valence-electron chi connectivity index (χ2n) is 13.3. The summed E-state index contributed by atoms with van der Waals surface area (Å²) in [6.45, 7) is 11.3. The molecule has 0 N–H and O–H groups in total. The van der Waals surface area contributed by atoms with Crippen molar-refractivity contribution in [3.8, 4) is 12.3 Å². The van der Waals surface area contributed by atoms with Gasteiger partial charge in [0.1, 0.15) is 0 Å². The first kappa shape index (κ1) is 23.5. The van der Waals surface area contributed by atoms with Gasteiger partial charge in [0.2, 0.25) is 0 Å². The minimum absolute atomic E-state index is 0.522. The SMILES string of the molecule is C#Cc1cnn(C[C@@H](C)C2CCCC3C4CCC5(C)CC(CCC)CCC5C4CCC32C)c1. The van der Waals surface area contributed by atoms with Crippen molar-refractivity contribution in [2.45, 2.75) is 111 Å². The van der Waals surface area contributed by atoms with Gasteiger partial charge in [0.25, 0.3) is 0 Å². The van der Waals surface area contributed by atoms with E-state index in [9.17, 15) is 0 Å². The van der Waals surface area contributed by atoms with E-state index in [1.807, 2.05) is 6.20 Å². The predicted octanol–water partition coefficient (Wildman–Crippen LogP) is 7.97. The lowest BCUT2D eigenvalue weighted by Gasteiger charge is -2.63. The molecule has 4 aliphatic carbocycles. The molecule has 182 valence electrons. The first-order valence-electron chi connectivity index (χ1n) is 14.4. The normalized spacial score (nSPS) is 43.6. The van der Waals surface area contributed by atoms with Gasteiger partial charge in [-0.25, -0.2) is 0 Å². The van der Waals surface area contributed by atoms with Crippen molar-refractivity contribution in [1.29, 1.82) is 0 Å². The molecule has 5 rings (SSSR count). The van der Waals surface area contributed by atoms with Crippen LogP contribution in [-0.4, -0.2) is 9.78 Å². The third-order valence-electron chi connectivity index (χ3n) is 11.6. The fourth-order valence-electron chi connectivity index (χ4n) is 10.2. The molecule has 1 aromatic heterocycles. The fourth-order valence-corrected chi connectivity index (χ4v) is 10.2. The number of terminal acetylenes is 1. The maximum absolute atomic E-state index is 5.58. The van der Waals surface area contributed by atoms with Crippen molar-refractivity contribution in [2.75, 3.05) is 0 Å². The number of aromatic nitrogens is 2. The smallest absolute Gasteiger partial charge is 0.0646 e. The molecular weight excluding hydrogens is 400 g/mol. The van der Waals surface area contributed by atoms with Crippen molar-refractivity contribution in [3.05, 3.63) is 18.0 Å². The number of hydrogen-bond donors (Lipinski definition) is 0. The molecule has 4 aliphatic rings. The molecule has 9 atom stereocenters. The number of nitrogens with zero attached hydrogens (tertiary/aromatic N) is 2. The Morgan fingerprint density at radius 1 is 1.09 bits per heavy atom. The highest BCUT2D eigenvalue weighted by atomic mass is 15.3. The first-order chi connectivity index (χ1) is 15.9. The zero-order valence-electron chi connectivity index (χ0n) is 21.9. The van der Waals surface area contributed by atoms with Crippen LogP contribution in [0.1, 0.15) is 110 Å². The van der Waals surface area contributed by atoms with Gasteiger partial charge in [-0.1, -0.05) is 59.3 Å². The Morgan fingerprint density at radius 3 is 2.64 bits per heavy atom. The summed E-state index contributed by atoms with van der Waals surface area (Å²) in [5.41, 5.74) is 2.08. The second kappa shape index (κ2) is 9.09. The minimum atomic E-state index is 0.522. The van der Waals surface area contributed by atoms with Gasteiger partial charge in [-0.05, 0) is 104 Å². The summed E-state index contributed by atoms with van der Waals surface area (Å²) in [7, 11) is 0. The van der Waals surface area contributed by atoms with Gasteiger partial charge in [0.15, 0.2) is 0 Å². The Bertz CT molecular complexity index is 863. The molecule has 0 aliphatic heterocycles. The molecule has 0 saturated heterocycles. The summed E-state index contributed by atoms with van der Waals surface area (Å²) >= 11 is 0. The summed E-state index contributed by atoms with van der Waals surface area (Å²) in [5, 5.41) is 4.56. The van der Waals surface area contributed by atoms with Gasteiger partial charge in [-0.15, -0.1) is 6.42 Å². The first-order valence-corrected chi connectivity index (χ1v) is 14.4. The van der Waals surface area contributed by atoms with Crippen molar-refractivity contribution in [1.82, 2.24) is 9.78 Å². The lowest BCUT2D eigenvalue weighted by molar-refractivity contribution is -0.142. The number of hydrogen-bond acceptors (Lipinski definition) is 1. The monoisotopic (exact) mass is 448 g/mol. The van der Waals surface area contributed by atoms with E-state index in [0.29, 0.717) is 16.7 Å². The van der Waals surface area contributed by atoms with Crippen LogP contribution in [0.5, 0.6) is 0 Å². The quantitative estimate of drug-likeness (QED) is 0.418. The Kier molecular flexibility index (Phi) is 6.48. The van der Waals surface area contributed by atoms with E-state index in [4.69, 9.17) is 6.42 Å². The van der Waals surface area contributed by atoms with Gasteiger partial charge < -0.3 is 0 Å². The summed E-state index contributed by atoms with van der Waals surface area (Å²) in [6.07, 6.45) is 27.2. The molecule has 0 aromatic carbocycles. The second-order valence-corrected chi connectivity index (χ2v) is 13.3. The van der Waals surface area contributed by atoms with Crippen molar-refractivity contribution in [2.24, 2.45) is 52.3 Å². The van der Waals surface area contributed by atoms with Crippen molar-refractivity contribution >= 4 is 0 Å². The van der Waals surface area contributed by atoms with Crippen LogP contribution in [0.3, 0.4) is 0 Å². The molecule has 0 amide bonds. The van der Waals surface area contributed by atoms with Crippen LogP contribution >= 0.6 is 0 Å². The Morgan fingerprint density at radius 2 is 1.88 bits per heavy atom. The van der Waals surface area contributed by atoms with E-state index in [1.54, 1.807) is 0 Å². The standard InChI is InChI=1S/C31H48N2/c1-6-9-24-12-13-28-25-15-17-31(5)27(22(3)20-33-21-23(7-2)19-32-33)10-8-11-29(31)26(25)14-16-30(28,4)18-24/h2,19,21-22,24-29H,6,8-18,20H2,1,3-5H3/t22-,24?,25?,26?,27?,28?,29?,30?,31?/m1/s1. The molecule has 0 bridgehead atoms. The molecule has 4 fully saturated rings. The molecule has 1 heterocycles. The van der Waals surface area contributed by atoms with E-state index in [0.717, 1.165) is 47.6 Å². The third-order valence-corrected chi connectivity index (χ3v) is 11.6. The summed E-state index contributed by atoms with van der Waals surface area (Å²) in [6, 6.07) is 0. The number of rotatable bonds is 5. The Hall–Kier alpha value is -1.23. The van der Waals surface area contributed by atoms with Crippen LogP contribution in [0, 0.1) is 64.6 Å². The lowest BCUT2D eigenvalue weighted by Crippen LogP contribution is -2.55. The molecule has 2 heteroatoms. The summed E-state index contributed by atoms with van der Waals surface area (Å²) in [4.78, 5) is 0. The molecular formula is C31H48N2. The Labute approximate surface area is 203 Å². The van der Waals surface area contributed by atoms with E-state index in [1.165, 1.54) is 77.0 Å². The highest BCUT2D eigenvalue weighted by Crippen LogP contribution is 2.66. The summed E-state index contributed by atoms with van der Waals surface area (Å²) in [5.74, 6) is 9.22. The van der Waals surface area contributed by atoms with E-state index in [2.05, 4.69) is 49.6 Å². The number of fused-ring (bicyclic) bond motifs is 5. The maximum Gasteiger partial charge on any atom is 0.0646 e. The molecule has 0 spiro atoms. The molecule has 0 radical (unpaired) electrons. The van der Waals surface area contributed by atoms with Gasteiger partial charge in [0.05, 0.1) is 11.8 Å². The van der Waals surface area contributed by atoms with Crippen molar-refractivity contribution in [3.63, 3.8) is 0 Å². The highest BCUT2D eigenvalue weighted by molar-refractivity contribution is 5.26. The topological polar surface area (TPSA) is 17.8 Å². The van der Waals surface area contributed by atoms with Crippen LogP contribution in [0.4, 0.5) is 0 Å². The molecule has 8 unspecified atom stereocenters. The average molecular weight is 449 g/mol. The zero-order valence-corrected chi connectivity index (χ0v) is 21.9. The van der Waals surface area contributed by atoms with Crippen LogP contribution in [0.2, 0.25) is 0 Å². The zero-order chi connectivity index (χ0) is 23.2. The third kappa shape index (κ3) is 4.10. The minimum Gasteiger partial charge on any atom is -0.271 e. The molecule has 2 nitrogen and oxygen atoms in total. The Balaban J connectivity index is 1.32. The molecule has 4 saturated carbocycles. The maximum atomic E-state index is 5.58. The van der Waals surface area contributed by atoms with E-state index in [-0.39, 0.29) is 0 Å². The van der Waals surface area contributed by atoms with E-state index >= 15 is 0 Å². The average Bonchev–Trinajstić information content (AvgIpc) is 3.25. The summed E-state index contributed by atoms with van der Waals surface area (Å²) < 4.78 is 2.11. The fraction of sp³-hybridized carbons (Fsp3) is 0.839. The van der Waals surface area contributed by atoms with Crippen LogP contribution in [-0.2, 0) is 6.54 Å². The highest BCUT2D eigenvalue weighted by Gasteiger charge is 2.58. The molecule has 33 heavy (non-hydrogen) atoms. The molecule has 1 aromatic rings. The predicted molar refractivity (Wildman–Crippen MR) is 138 cm³/mol. The van der Waals surface area contributed by atoms with Gasteiger partial charge in [-0.2, -0.15) is 5.10 Å². The van der Waals surface area contributed by atoms with Crippen LogP contribution in [0.15, 0.2) is 12.4 Å². The lowest BCUT2D eigenvalue weighted by atomic mass is 9.42. The van der Waals surface area contributed by atoms with Gasteiger partial charge >= 0.3 is 0 Å². The van der Waals surface area contributed by atoms with Gasteiger partial charge in [-0.3, -0.25) is 4.68 Å².